The average molecular weight is 525 g/mol. The summed E-state index contributed by atoms with van der Waals surface area (Å²) in [6, 6.07) is 52.5. The summed E-state index contributed by atoms with van der Waals surface area (Å²) in [5.41, 5.74) is 9.34. The molecule has 1 heteroatoms. The fraction of sp³-hybridized carbons (Fsp3) is 0.0500. The normalized spacial score (nSPS) is 12.4. The van der Waals surface area contributed by atoms with Crippen molar-refractivity contribution >= 4 is 43.5 Å². The first kappa shape index (κ1) is 23.7. The summed E-state index contributed by atoms with van der Waals surface area (Å²) in [6.07, 6.45) is 0. The highest BCUT2D eigenvalue weighted by Crippen LogP contribution is 2.38. The van der Waals surface area contributed by atoms with Crippen LogP contribution in [0.4, 0.5) is 0 Å². The van der Waals surface area contributed by atoms with Gasteiger partial charge < -0.3 is 4.42 Å². The molecule has 0 saturated carbocycles. The van der Waals surface area contributed by atoms with E-state index in [2.05, 4.69) is 140 Å². The molecule has 0 amide bonds. The van der Waals surface area contributed by atoms with Crippen molar-refractivity contribution in [3.63, 3.8) is 0 Å². The number of rotatable bonds is 4. The molecule has 8 aromatic rings. The molecule has 1 aromatic heterocycles. The van der Waals surface area contributed by atoms with Gasteiger partial charge in [0.1, 0.15) is 11.2 Å². The molecule has 1 nitrogen and oxygen atoms in total. The minimum absolute atomic E-state index is 0.245. The molecule has 0 radical (unpaired) electrons. The standard InChI is InChI=1S/C40H28O/c1-26(27-17-19-29(20-18-27)36-14-8-15-38-37-13-6-7-16-39(37)41-40(36)38)32-10-4-5-12-34(32)31-23-24-35-30(25-31)22-21-28-9-2-3-11-33(28)35/h2-26H,1H3. The average Bonchev–Trinajstić information content (AvgIpc) is 3.43. The third-order valence-electron chi connectivity index (χ3n) is 8.61. The Morgan fingerprint density at radius 2 is 1.12 bits per heavy atom. The van der Waals surface area contributed by atoms with Gasteiger partial charge in [0.15, 0.2) is 0 Å². The Morgan fingerprint density at radius 1 is 0.463 bits per heavy atom. The molecule has 194 valence electrons. The molecule has 8 rings (SSSR count). The van der Waals surface area contributed by atoms with Crippen molar-refractivity contribution in [1.29, 1.82) is 0 Å². The predicted octanol–water partition coefficient (Wildman–Crippen LogP) is 11.4. The second-order valence-corrected chi connectivity index (χ2v) is 10.9. The predicted molar refractivity (Wildman–Crippen MR) is 174 cm³/mol. The third kappa shape index (κ3) is 3.93. The topological polar surface area (TPSA) is 13.1 Å². The molecule has 1 atom stereocenters. The number of para-hydroxylation sites is 2. The molecule has 0 aliphatic rings. The quantitative estimate of drug-likeness (QED) is 0.209. The largest absolute Gasteiger partial charge is 0.455 e. The van der Waals surface area contributed by atoms with Gasteiger partial charge >= 0.3 is 0 Å². The van der Waals surface area contributed by atoms with Gasteiger partial charge in [0.2, 0.25) is 0 Å². The lowest BCUT2D eigenvalue weighted by Gasteiger charge is -2.18. The number of hydrogen-bond acceptors (Lipinski definition) is 1. The zero-order chi connectivity index (χ0) is 27.3. The second-order valence-electron chi connectivity index (χ2n) is 10.9. The van der Waals surface area contributed by atoms with E-state index in [1.54, 1.807) is 0 Å². The lowest BCUT2D eigenvalue weighted by Crippen LogP contribution is -1.99. The van der Waals surface area contributed by atoms with Gasteiger partial charge in [0.05, 0.1) is 0 Å². The van der Waals surface area contributed by atoms with Gasteiger partial charge in [-0.2, -0.15) is 0 Å². The minimum Gasteiger partial charge on any atom is -0.455 e. The number of benzene rings is 7. The molecular formula is C40H28O. The first-order chi connectivity index (χ1) is 20.2. The van der Waals surface area contributed by atoms with Gasteiger partial charge in [-0.3, -0.25) is 0 Å². The molecule has 0 aliphatic carbocycles. The molecule has 0 spiro atoms. The highest BCUT2D eigenvalue weighted by Gasteiger charge is 2.16. The van der Waals surface area contributed by atoms with Gasteiger partial charge in [-0.25, -0.2) is 0 Å². The van der Waals surface area contributed by atoms with Crippen LogP contribution in [0, 0.1) is 0 Å². The lowest BCUT2D eigenvalue weighted by molar-refractivity contribution is 0.670. The van der Waals surface area contributed by atoms with E-state index in [4.69, 9.17) is 4.42 Å². The first-order valence-corrected chi connectivity index (χ1v) is 14.3. The van der Waals surface area contributed by atoms with Crippen molar-refractivity contribution in [1.82, 2.24) is 0 Å². The summed E-state index contributed by atoms with van der Waals surface area (Å²) in [6.45, 7) is 2.31. The molecule has 7 aromatic carbocycles. The van der Waals surface area contributed by atoms with Crippen LogP contribution < -0.4 is 0 Å². The van der Waals surface area contributed by atoms with Gasteiger partial charge in [-0.05, 0) is 61.5 Å². The molecule has 41 heavy (non-hydrogen) atoms. The summed E-state index contributed by atoms with van der Waals surface area (Å²) in [5.74, 6) is 0.245. The third-order valence-corrected chi connectivity index (χ3v) is 8.61. The fourth-order valence-electron chi connectivity index (χ4n) is 6.42. The summed E-state index contributed by atoms with van der Waals surface area (Å²) in [4.78, 5) is 0. The van der Waals surface area contributed by atoms with E-state index in [0.29, 0.717) is 0 Å². The van der Waals surface area contributed by atoms with Crippen LogP contribution in [0.2, 0.25) is 0 Å². The maximum Gasteiger partial charge on any atom is 0.143 e. The molecule has 0 fully saturated rings. The smallest absolute Gasteiger partial charge is 0.143 e. The van der Waals surface area contributed by atoms with Crippen LogP contribution in [-0.2, 0) is 0 Å². The number of furan rings is 1. The molecule has 0 bridgehead atoms. The fourth-order valence-corrected chi connectivity index (χ4v) is 6.42. The van der Waals surface area contributed by atoms with Crippen LogP contribution in [0.3, 0.4) is 0 Å². The van der Waals surface area contributed by atoms with Crippen LogP contribution in [0.15, 0.2) is 150 Å². The highest BCUT2D eigenvalue weighted by atomic mass is 16.3. The van der Waals surface area contributed by atoms with Crippen LogP contribution in [0.1, 0.15) is 24.0 Å². The maximum atomic E-state index is 6.30. The van der Waals surface area contributed by atoms with Gasteiger partial charge in [0.25, 0.3) is 0 Å². The van der Waals surface area contributed by atoms with E-state index in [-0.39, 0.29) is 5.92 Å². The monoisotopic (exact) mass is 524 g/mol. The van der Waals surface area contributed by atoms with Crippen LogP contribution in [0.25, 0.3) is 65.7 Å². The van der Waals surface area contributed by atoms with E-state index in [0.717, 1.165) is 27.5 Å². The summed E-state index contributed by atoms with van der Waals surface area (Å²) >= 11 is 0. The van der Waals surface area contributed by atoms with Gasteiger partial charge in [-0.1, -0.05) is 140 Å². The summed E-state index contributed by atoms with van der Waals surface area (Å²) in [7, 11) is 0. The Morgan fingerprint density at radius 3 is 2.02 bits per heavy atom. The maximum absolute atomic E-state index is 6.30. The minimum atomic E-state index is 0.245. The van der Waals surface area contributed by atoms with E-state index in [1.165, 1.54) is 49.4 Å². The van der Waals surface area contributed by atoms with E-state index >= 15 is 0 Å². The van der Waals surface area contributed by atoms with Crippen LogP contribution in [-0.4, -0.2) is 0 Å². The van der Waals surface area contributed by atoms with Crippen molar-refractivity contribution in [3.05, 3.63) is 157 Å². The molecular weight excluding hydrogens is 496 g/mol. The van der Waals surface area contributed by atoms with Crippen molar-refractivity contribution < 1.29 is 4.42 Å². The van der Waals surface area contributed by atoms with Gasteiger partial charge in [0, 0.05) is 22.3 Å². The Labute approximate surface area is 239 Å². The molecule has 1 heterocycles. The molecule has 0 aliphatic heterocycles. The molecule has 0 N–H and O–H groups in total. The zero-order valence-corrected chi connectivity index (χ0v) is 22.8. The number of fused-ring (bicyclic) bond motifs is 6. The second kappa shape index (κ2) is 9.50. The highest BCUT2D eigenvalue weighted by molar-refractivity contribution is 6.10. The van der Waals surface area contributed by atoms with Crippen LogP contribution >= 0.6 is 0 Å². The van der Waals surface area contributed by atoms with Crippen LogP contribution in [0.5, 0.6) is 0 Å². The zero-order valence-electron chi connectivity index (χ0n) is 22.8. The Bertz CT molecular complexity index is 2220. The van der Waals surface area contributed by atoms with Crippen molar-refractivity contribution in [2.75, 3.05) is 0 Å². The van der Waals surface area contributed by atoms with E-state index < -0.39 is 0 Å². The summed E-state index contributed by atoms with van der Waals surface area (Å²) < 4.78 is 6.30. The van der Waals surface area contributed by atoms with E-state index in [9.17, 15) is 0 Å². The van der Waals surface area contributed by atoms with Gasteiger partial charge in [-0.15, -0.1) is 0 Å². The lowest BCUT2D eigenvalue weighted by atomic mass is 9.86. The first-order valence-electron chi connectivity index (χ1n) is 14.3. The molecule has 0 saturated heterocycles. The SMILES string of the molecule is CC(c1ccc(-c2cccc3c2oc2ccccc23)cc1)c1ccccc1-c1ccc2c(ccc3ccccc32)c1. The Hall–Kier alpha value is -5.14. The summed E-state index contributed by atoms with van der Waals surface area (Å²) in [5, 5.41) is 7.47. The van der Waals surface area contributed by atoms with Crippen molar-refractivity contribution in [2.45, 2.75) is 12.8 Å². The molecule has 1 unspecified atom stereocenters. The van der Waals surface area contributed by atoms with E-state index in [1.807, 2.05) is 12.1 Å². The Balaban J connectivity index is 1.16. The van der Waals surface area contributed by atoms with Crippen molar-refractivity contribution in [3.8, 4) is 22.3 Å². The number of hydrogen-bond donors (Lipinski definition) is 0. The Kier molecular flexibility index (Phi) is 5.50. The van der Waals surface area contributed by atoms with Crippen molar-refractivity contribution in [2.24, 2.45) is 0 Å².